The Labute approximate surface area is 83.5 Å². The average Bonchev–Trinajstić information content (AvgIpc) is 2.43. The Morgan fingerprint density at radius 3 is 3.00 bits per heavy atom. The molecule has 2 N–H and O–H groups in total. The Morgan fingerprint density at radius 1 is 1.50 bits per heavy atom. The number of nitrogen functional groups attached to an aromatic ring is 1. The van der Waals surface area contributed by atoms with Gasteiger partial charge in [0.15, 0.2) is 0 Å². The number of amides is 1. The van der Waals surface area contributed by atoms with Gasteiger partial charge in [-0.2, -0.15) is 0 Å². The molecule has 14 heavy (non-hydrogen) atoms. The summed E-state index contributed by atoms with van der Waals surface area (Å²) in [4.78, 5) is 13.5. The fraction of sp³-hybridized carbons (Fsp3) is 0.364. The molecule has 0 bridgehead atoms. The molecule has 2 rings (SSSR count). The molecule has 1 aliphatic rings. The highest BCUT2D eigenvalue weighted by Crippen LogP contribution is 2.30. The summed E-state index contributed by atoms with van der Waals surface area (Å²) in [5.74, 6) is 0.187. The summed E-state index contributed by atoms with van der Waals surface area (Å²) in [6, 6.07) is 5.67. The third-order valence-corrected chi connectivity index (χ3v) is 2.48. The van der Waals surface area contributed by atoms with Crippen molar-refractivity contribution in [1.82, 2.24) is 0 Å². The summed E-state index contributed by atoms with van der Waals surface area (Å²) in [7, 11) is 0. The van der Waals surface area contributed by atoms with Crippen molar-refractivity contribution in [2.24, 2.45) is 0 Å². The topological polar surface area (TPSA) is 46.3 Å². The lowest BCUT2D eigenvalue weighted by molar-refractivity contribution is -0.117. The van der Waals surface area contributed by atoms with Crippen molar-refractivity contribution in [2.45, 2.75) is 19.8 Å². The van der Waals surface area contributed by atoms with Crippen LogP contribution < -0.4 is 10.6 Å². The van der Waals surface area contributed by atoms with Crippen molar-refractivity contribution in [3.63, 3.8) is 0 Å². The fourth-order valence-corrected chi connectivity index (χ4v) is 1.87. The third kappa shape index (κ3) is 1.35. The number of hydrogen-bond acceptors (Lipinski definition) is 2. The zero-order chi connectivity index (χ0) is 10.1. The van der Waals surface area contributed by atoms with Crippen LogP contribution in [0.4, 0.5) is 11.4 Å². The van der Waals surface area contributed by atoms with E-state index in [4.69, 9.17) is 5.73 Å². The predicted molar refractivity (Wildman–Crippen MR) is 57.2 cm³/mol. The Bertz CT molecular complexity index is 374. The van der Waals surface area contributed by atoms with Crippen LogP contribution in [0.3, 0.4) is 0 Å². The standard InChI is InChI=1S/C11H14N2O/c1-2-5-13-10-4-3-9(12)6-8(10)7-11(13)14/h3-4,6H,2,5,7,12H2,1H3. The first-order chi connectivity index (χ1) is 6.72. The second-order valence-electron chi connectivity index (χ2n) is 3.61. The number of anilines is 2. The molecule has 0 saturated heterocycles. The maximum absolute atomic E-state index is 11.6. The van der Waals surface area contributed by atoms with Crippen LogP contribution in [0.15, 0.2) is 18.2 Å². The van der Waals surface area contributed by atoms with E-state index in [0.29, 0.717) is 6.42 Å². The molecule has 0 unspecified atom stereocenters. The number of hydrogen-bond donors (Lipinski definition) is 1. The van der Waals surface area contributed by atoms with Crippen LogP contribution in [0.1, 0.15) is 18.9 Å². The number of nitrogens with zero attached hydrogens (tertiary/aromatic N) is 1. The van der Waals surface area contributed by atoms with Crippen molar-refractivity contribution >= 4 is 17.3 Å². The maximum atomic E-state index is 11.6. The molecule has 1 aromatic rings. The first-order valence-electron chi connectivity index (χ1n) is 4.91. The molecule has 1 heterocycles. The lowest BCUT2D eigenvalue weighted by atomic mass is 10.1. The first kappa shape index (κ1) is 9.06. The van der Waals surface area contributed by atoms with E-state index in [0.717, 1.165) is 29.9 Å². The van der Waals surface area contributed by atoms with Gasteiger partial charge in [-0.15, -0.1) is 0 Å². The van der Waals surface area contributed by atoms with Crippen molar-refractivity contribution in [3.05, 3.63) is 23.8 Å². The highest BCUT2D eigenvalue weighted by atomic mass is 16.2. The zero-order valence-corrected chi connectivity index (χ0v) is 8.29. The molecule has 3 heteroatoms. The molecule has 0 atom stereocenters. The van der Waals surface area contributed by atoms with Gasteiger partial charge in [0.1, 0.15) is 0 Å². The summed E-state index contributed by atoms with van der Waals surface area (Å²) in [6.07, 6.45) is 1.48. The van der Waals surface area contributed by atoms with Gasteiger partial charge in [0.05, 0.1) is 6.42 Å². The second-order valence-corrected chi connectivity index (χ2v) is 3.61. The predicted octanol–water partition coefficient (Wildman–Crippen LogP) is 1.57. The van der Waals surface area contributed by atoms with E-state index >= 15 is 0 Å². The number of carbonyl (C=O) groups is 1. The van der Waals surface area contributed by atoms with Crippen LogP contribution in [-0.4, -0.2) is 12.5 Å². The largest absolute Gasteiger partial charge is 0.399 e. The molecular weight excluding hydrogens is 176 g/mol. The third-order valence-electron chi connectivity index (χ3n) is 2.48. The second kappa shape index (κ2) is 3.33. The van der Waals surface area contributed by atoms with Crippen molar-refractivity contribution in [1.29, 1.82) is 0 Å². The zero-order valence-electron chi connectivity index (χ0n) is 8.29. The van der Waals surface area contributed by atoms with Crippen LogP contribution in [0.2, 0.25) is 0 Å². The molecule has 3 nitrogen and oxygen atoms in total. The van der Waals surface area contributed by atoms with Gasteiger partial charge in [-0.25, -0.2) is 0 Å². The lowest BCUT2D eigenvalue weighted by Gasteiger charge is -2.15. The van der Waals surface area contributed by atoms with Crippen molar-refractivity contribution in [2.75, 3.05) is 17.2 Å². The smallest absolute Gasteiger partial charge is 0.231 e. The Kier molecular flexibility index (Phi) is 2.15. The SMILES string of the molecule is CCCN1C(=O)Cc2cc(N)ccc21. The van der Waals surface area contributed by atoms with E-state index in [-0.39, 0.29) is 5.91 Å². The van der Waals surface area contributed by atoms with E-state index in [1.54, 1.807) is 0 Å². The Morgan fingerprint density at radius 2 is 2.29 bits per heavy atom. The van der Waals surface area contributed by atoms with Crippen LogP contribution in [0, 0.1) is 0 Å². The minimum absolute atomic E-state index is 0.187. The normalized spacial score (nSPS) is 14.6. The van der Waals surface area contributed by atoms with Crippen LogP contribution in [0.5, 0.6) is 0 Å². The Balaban J connectivity index is 2.37. The number of benzene rings is 1. The number of fused-ring (bicyclic) bond motifs is 1. The van der Waals surface area contributed by atoms with E-state index in [1.807, 2.05) is 23.1 Å². The van der Waals surface area contributed by atoms with Gasteiger partial charge < -0.3 is 10.6 Å². The van der Waals surface area contributed by atoms with Crippen LogP contribution in [-0.2, 0) is 11.2 Å². The highest BCUT2D eigenvalue weighted by Gasteiger charge is 2.25. The van der Waals surface area contributed by atoms with Crippen molar-refractivity contribution < 1.29 is 4.79 Å². The van der Waals surface area contributed by atoms with E-state index in [9.17, 15) is 4.79 Å². The molecule has 0 fully saturated rings. The first-order valence-corrected chi connectivity index (χ1v) is 4.91. The maximum Gasteiger partial charge on any atom is 0.231 e. The van der Waals surface area contributed by atoms with E-state index < -0.39 is 0 Å². The summed E-state index contributed by atoms with van der Waals surface area (Å²) >= 11 is 0. The van der Waals surface area contributed by atoms with Crippen LogP contribution >= 0.6 is 0 Å². The van der Waals surface area contributed by atoms with E-state index in [2.05, 4.69) is 6.92 Å². The van der Waals surface area contributed by atoms with Gasteiger partial charge in [-0.05, 0) is 30.2 Å². The van der Waals surface area contributed by atoms with Gasteiger partial charge in [0, 0.05) is 17.9 Å². The molecular formula is C11H14N2O. The molecule has 0 aromatic heterocycles. The number of nitrogens with two attached hydrogens (primary N) is 1. The van der Waals surface area contributed by atoms with Gasteiger partial charge in [0.25, 0.3) is 0 Å². The van der Waals surface area contributed by atoms with Gasteiger partial charge in [-0.1, -0.05) is 6.92 Å². The molecule has 0 saturated carbocycles. The minimum Gasteiger partial charge on any atom is -0.399 e. The van der Waals surface area contributed by atoms with Gasteiger partial charge in [0.2, 0.25) is 5.91 Å². The average molecular weight is 190 g/mol. The Hall–Kier alpha value is -1.51. The number of rotatable bonds is 2. The summed E-state index contributed by atoms with van der Waals surface area (Å²) in [5.41, 5.74) is 8.49. The summed E-state index contributed by atoms with van der Waals surface area (Å²) in [5, 5.41) is 0. The number of carbonyl (C=O) groups excluding carboxylic acids is 1. The van der Waals surface area contributed by atoms with E-state index in [1.165, 1.54) is 0 Å². The summed E-state index contributed by atoms with van der Waals surface area (Å²) in [6.45, 7) is 2.87. The molecule has 1 aromatic carbocycles. The van der Waals surface area contributed by atoms with Crippen LogP contribution in [0.25, 0.3) is 0 Å². The lowest BCUT2D eigenvalue weighted by Crippen LogP contribution is -2.27. The molecule has 0 spiro atoms. The highest BCUT2D eigenvalue weighted by molar-refractivity contribution is 6.01. The molecule has 0 aliphatic carbocycles. The van der Waals surface area contributed by atoms with Crippen molar-refractivity contribution in [3.8, 4) is 0 Å². The van der Waals surface area contributed by atoms with Gasteiger partial charge >= 0.3 is 0 Å². The molecule has 74 valence electrons. The summed E-state index contributed by atoms with van der Waals surface area (Å²) < 4.78 is 0. The quantitative estimate of drug-likeness (QED) is 0.719. The van der Waals surface area contributed by atoms with Gasteiger partial charge in [-0.3, -0.25) is 4.79 Å². The molecule has 1 aliphatic heterocycles. The molecule has 1 amide bonds. The monoisotopic (exact) mass is 190 g/mol. The fourth-order valence-electron chi connectivity index (χ4n) is 1.87. The molecule has 0 radical (unpaired) electrons. The minimum atomic E-state index is 0.187.